The molecule has 0 unspecified atom stereocenters. The normalized spacial score (nSPS) is 11.6. The highest BCUT2D eigenvalue weighted by atomic mass is 32.2. The summed E-state index contributed by atoms with van der Waals surface area (Å²) >= 11 is 0. The van der Waals surface area contributed by atoms with Crippen LogP contribution in [0.25, 0.3) is 0 Å². The Balaban J connectivity index is 1.74. The summed E-state index contributed by atoms with van der Waals surface area (Å²) in [6.07, 6.45) is 0.0220. The third-order valence-corrected chi connectivity index (χ3v) is 7.69. The van der Waals surface area contributed by atoms with Crippen LogP contribution in [0.3, 0.4) is 0 Å². The number of nitrogens with one attached hydrogen (secondary N) is 2. The minimum atomic E-state index is -3.17. The molecular formula is C28H34N2O5S. The molecule has 192 valence electrons. The van der Waals surface area contributed by atoms with Crippen molar-refractivity contribution in [3.8, 4) is 5.75 Å². The van der Waals surface area contributed by atoms with Crippen molar-refractivity contribution in [3.63, 3.8) is 0 Å². The van der Waals surface area contributed by atoms with Crippen LogP contribution in [0.1, 0.15) is 30.0 Å². The monoisotopic (exact) mass is 510 g/mol. The lowest BCUT2D eigenvalue weighted by molar-refractivity contribution is 0.152. The predicted octanol–water partition coefficient (Wildman–Crippen LogP) is 4.13. The molecule has 1 amide bonds. The highest BCUT2D eigenvalue weighted by molar-refractivity contribution is 7.91. The summed E-state index contributed by atoms with van der Waals surface area (Å²) in [5.74, 6) is 0.641. The number of benzene rings is 3. The van der Waals surface area contributed by atoms with Gasteiger partial charge in [0.2, 0.25) is 0 Å². The zero-order valence-corrected chi connectivity index (χ0v) is 21.6. The lowest BCUT2D eigenvalue weighted by atomic mass is 9.77. The topological polar surface area (TPSA) is 93.7 Å². The molecule has 36 heavy (non-hydrogen) atoms. The van der Waals surface area contributed by atoms with E-state index in [-0.39, 0.29) is 18.1 Å². The van der Waals surface area contributed by atoms with Gasteiger partial charge in [0, 0.05) is 12.3 Å². The molecule has 0 atom stereocenters. The van der Waals surface area contributed by atoms with Gasteiger partial charge >= 0.3 is 6.09 Å². The van der Waals surface area contributed by atoms with Crippen LogP contribution in [0.15, 0.2) is 84.9 Å². The first-order valence-corrected chi connectivity index (χ1v) is 13.8. The number of methoxy groups -OCH3 is 1. The smallest absolute Gasteiger partial charge is 0.407 e. The van der Waals surface area contributed by atoms with Gasteiger partial charge in [-0.1, -0.05) is 79.7 Å². The van der Waals surface area contributed by atoms with Crippen molar-refractivity contribution in [3.05, 3.63) is 102 Å². The Morgan fingerprint density at radius 3 is 1.92 bits per heavy atom. The standard InChI is InChI=1S/C28H34N2O5S/c1-3-36(32,33)22-21-35-27(31)29-19-10-20-30-28(23-11-6-4-7-12-23,24-13-8-5-9-14-24)25-15-17-26(34-2)18-16-25/h4-9,11-18,30H,3,10,19-22H2,1-2H3,(H,29,31). The van der Waals surface area contributed by atoms with E-state index in [2.05, 4.69) is 47.0 Å². The number of carbonyl (C=O) groups is 1. The van der Waals surface area contributed by atoms with Crippen LogP contribution in [-0.2, 0) is 20.1 Å². The molecule has 3 rings (SSSR count). The number of ether oxygens (including phenoxy) is 2. The molecule has 0 radical (unpaired) electrons. The van der Waals surface area contributed by atoms with Gasteiger partial charge in [0.05, 0.1) is 18.4 Å². The average molecular weight is 511 g/mol. The molecular weight excluding hydrogens is 476 g/mol. The molecule has 0 heterocycles. The molecule has 7 nitrogen and oxygen atoms in total. The Morgan fingerprint density at radius 1 is 0.833 bits per heavy atom. The van der Waals surface area contributed by atoms with Crippen LogP contribution in [0.4, 0.5) is 4.79 Å². The Bertz CT molecular complexity index is 1140. The van der Waals surface area contributed by atoms with Crippen LogP contribution >= 0.6 is 0 Å². The molecule has 8 heteroatoms. The van der Waals surface area contributed by atoms with E-state index >= 15 is 0 Å². The maximum absolute atomic E-state index is 11.9. The van der Waals surface area contributed by atoms with E-state index in [1.54, 1.807) is 14.0 Å². The first kappa shape index (κ1) is 27.2. The van der Waals surface area contributed by atoms with Crippen LogP contribution in [0.5, 0.6) is 5.75 Å². The number of amides is 1. The van der Waals surface area contributed by atoms with E-state index in [1.807, 2.05) is 48.5 Å². The van der Waals surface area contributed by atoms with Crippen molar-refractivity contribution in [2.45, 2.75) is 18.9 Å². The van der Waals surface area contributed by atoms with Gasteiger partial charge < -0.3 is 14.8 Å². The second kappa shape index (κ2) is 13.1. The third kappa shape index (κ3) is 7.08. The minimum absolute atomic E-state index is 0.0302. The van der Waals surface area contributed by atoms with E-state index in [4.69, 9.17) is 9.47 Å². The molecule has 3 aromatic carbocycles. The summed E-state index contributed by atoms with van der Waals surface area (Å²) in [5.41, 5.74) is 2.62. The quantitative estimate of drug-likeness (QED) is 0.265. The highest BCUT2D eigenvalue weighted by Crippen LogP contribution is 2.37. The van der Waals surface area contributed by atoms with E-state index in [1.165, 1.54) is 0 Å². The number of hydrogen-bond donors (Lipinski definition) is 2. The summed E-state index contributed by atoms with van der Waals surface area (Å²) in [7, 11) is -1.52. The van der Waals surface area contributed by atoms with Crippen molar-refractivity contribution >= 4 is 15.9 Å². The van der Waals surface area contributed by atoms with Gasteiger partial charge in [-0.15, -0.1) is 0 Å². The van der Waals surface area contributed by atoms with E-state index in [0.29, 0.717) is 19.5 Å². The lowest BCUT2D eigenvalue weighted by Crippen LogP contribution is -2.45. The van der Waals surface area contributed by atoms with Crippen molar-refractivity contribution < 1.29 is 22.7 Å². The van der Waals surface area contributed by atoms with E-state index < -0.39 is 21.5 Å². The van der Waals surface area contributed by atoms with Crippen LogP contribution < -0.4 is 15.4 Å². The molecule has 2 N–H and O–H groups in total. The lowest BCUT2D eigenvalue weighted by Gasteiger charge is -2.37. The summed E-state index contributed by atoms with van der Waals surface area (Å²) in [6, 6.07) is 28.5. The van der Waals surface area contributed by atoms with Crippen LogP contribution in [-0.4, -0.2) is 52.8 Å². The van der Waals surface area contributed by atoms with E-state index in [9.17, 15) is 13.2 Å². The Kier molecular flexibility index (Phi) is 9.90. The molecule has 0 bridgehead atoms. The fraction of sp³-hybridized carbons (Fsp3) is 0.321. The minimum Gasteiger partial charge on any atom is -0.497 e. The van der Waals surface area contributed by atoms with Gasteiger partial charge in [0.25, 0.3) is 0 Å². The second-order valence-corrected chi connectivity index (χ2v) is 10.8. The largest absolute Gasteiger partial charge is 0.497 e. The molecule has 3 aromatic rings. The van der Waals surface area contributed by atoms with Gasteiger partial charge in [-0.3, -0.25) is 5.32 Å². The fourth-order valence-corrected chi connectivity index (χ4v) is 4.66. The maximum atomic E-state index is 11.9. The van der Waals surface area contributed by atoms with Crippen molar-refractivity contribution in [1.82, 2.24) is 10.6 Å². The number of sulfone groups is 1. The second-order valence-electron chi connectivity index (χ2n) is 8.29. The molecule has 0 spiro atoms. The highest BCUT2D eigenvalue weighted by Gasteiger charge is 2.35. The molecule has 0 fully saturated rings. The van der Waals surface area contributed by atoms with Gasteiger partial charge in [-0.2, -0.15) is 0 Å². The van der Waals surface area contributed by atoms with Crippen molar-refractivity contribution in [2.75, 3.05) is 38.3 Å². The Labute approximate surface area is 213 Å². The van der Waals surface area contributed by atoms with Gasteiger partial charge in [-0.05, 0) is 41.8 Å². The first-order valence-electron chi connectivity index (χ1n) is 12.0. The first-order chi connectivity index (χ1) is 17.4. The summed E-state index contributed by atoms with van der Waals surface area (Å²) < 4.78 is 33.4. The number of alkyl carbamates (subject to hydrolysis) is 1. The van der Waals surface area contributed by atoms with Crippen LogP contribution in [0.2, 0.25) is 0 Å². The number of carbonyl (C=O) groups excluding carboxylic acids is 1. The maximum Gasteiger partial charge on any atom is 0.407 e. The summed E-state index contributed by atoms with van der Waals surface area (Å²) in [6.45, 7) is 2.40. The fourth-order valence-electron chi connectivity index (χ4n) is 4.03. The van der Waals surface area contributed by atoms with Gasteiger partial charge in [0.1, 0.15) is 12.4 Å². The molecule has 0 aromatic heterocycles. The van der Waals surface area contributed by atoms with E-state index in [0.717, 1.165) is 22.4 Å². The zero-order chi connectivity index (χ0) is 25.9. The molecule has 0 saturated carbocycles. The zero-order valence-electron chi connectivity index (χ0n) is 20.8. The molecule has 0 saturated heterocycles. The summed E-state index contributed by atoms with van der Waals surface area (Å²) in [4.78, 5) is 11.9. The van der Waals surface area contributed by atoms with Gasteiger partial charge in [-0.25, -0.2) is 13.2 Å². The Hall–Kier alpha value is -3.36. The van der Waals surface area contributed by atoms with Crippen molar-refractivity contribution in [1.29, 1.82) is 0 Å². The SMILES string of the molecule is CCS(=O)(=O)CCOC(=O)NCCCNC(c1ccccc1)(c1ccccc1)c1ccc(OC)cc1. The predicted molar refractivity (Wildman–Crippen MR) is 142 cm³/mol. The summed E-state index contributed by atoms with van der Waals surface area (Å²) in [5, 5.41) is 6.45. The van der Waals surface area contributed by atoms with Crippen molar-refractivity contribution in [2.24, 2.45) is 0 Å². The molecule has 0 aliphatic rings. The number of hydrogen-bond acceptors (Lipinski definition) is 6. The number of rotatable bonds is 13. The Morgan fingerprint density at radius 2 is 1.39 bits per heavy atom. The van der Waals surface area contributed by atoms with Crippen LogP contribution in [0, 0.1) is 0 Å². The molecule has 0 aliphatic carbocycles. The molecule has 0 aliphatic heterocycles. The third-order valence-electron chi connectivity index (χ3n) is 6.02. The van der Waals surface area contributed by atoms with Gasteiger partial charge in [0.15, 0.2) is 9.84 Å². The average Bonchev–Trinajstić information content (AvgIpc) is 2.92.